The number of hydrogen-bond donors (Lipinski definition) is 4. The van der Waals surface area contributed by atoms with E-state index < -0.39 is 12.2 Å². The van der Waals surface area contributed by atoms with Gasteiger partial charge in [0.05, 0.1) is 24.8 Å². The maximum absolute atomic E-state index is 12.1. The highest BCUT2D eigenvalue weighted by atomic mass is 16.6. The number of carbonyl (C=O) groups is 1. The number of nitrogens with one attached hydrogen (secondary N) is 2. The van der Waals surface area contributed by atoms with Crippen LogP contribution in [0.15, 0.2) is 83.7 Å². The van der Waals surface area contributed by atoms with Crippen LogP contribution in [0.4, 0.5) is 4.79 Å². The normalized spacial score (nSPS) is 12.5. The summed E-state index contributed by atoms with van der Waals surface area (Å²) >= 11 is 0. The van der Waals surface area contributed by atoms with E-state index in [2.05, 4.69) is 10.3 Å². The van der Waals surface area contributed by atoms with Crippen LogP contribution in [-0.2, 0) is 22.5 Å². The van der Waals surface area contributed by atoms with Crippen molar-refractivity contribution in [3.05, 3.63) is 106 Å². The molecule has 0 aliphatic heterocycles. The largest absolute Gasteiger partial charge is 0.497 e. The highest BCUT2D eigenvalue weighted by Crippen LogP contribution is 2.30. The van der Waals surface area contributed by atoms with Gasteiger partial charge in [0.2, 0.25) is 5.56 Å². The molecule has 0 radical (unpaired) electrons. The molecule has 0 aliphatic carbocycles. The summed E-state index contributed by atoms with van der Waals surface area (Å²) in [7, 11) is 1.62. The number of aliphatic hydroxyl groups excluding tert-OH is 1. The van der Waals surface area contributed by atoms with Crippen molar-refractivity contribution in [3.8, 4) is 11.5 Å². The lowest BCUT2D eigenvalue weighted by atomic mass is 10.0. The molecule has 5 N–H and O–H groups in total. The Balaban J connectivity index is 1.18. The molecule has 0 fully saturated rings. The first-order valence-electron chi connectivity index (χ1n) is 15.3. The quantitative estimate of drug-likeness (QED) is 0.107. The zero-order valence-electron chi connectivity index (χ0n) is 25.7. The molecule has 1 aromatic heterocycles. The van der Waals surface area contributed by atoms with Gasteiger partial charge in [0, 0.05) is 31.0 Å². The maximum Gasteiger partial charge on any atom is 0.404 e. The number of nitrogens with two attached hydrogens (primary N) is 1. The van der Waals surface area contributed by atoms with Crippen molar-refractivity contribution in [2.24, 2.45) is 5.73 Å². The number of rotatable bonds is 19. The van der Waals surface area contributed by atoms with E-state index in [1.54, 1.807) is 19.2 Å². The standard InChI is InChI=1S/C35H43N3O7/c1-42-27-13-11-26(12-14-27)23-44-32-17-15-29(30-16-18-33(40)38-34(30)32)31(39)22-37-19-7-2-3-8-20-43-28(24-45-35(36)41)21-25-9-5-4-6-10-25/h4-6,9-18,28,31,37,39H,2-3,7-8,19-24H2,1H3,(H2,36,41)(H,38,40). The number of H-pyrrole nitrogens is 1. The number of aliphatic hydroxyl groups is 1. The van der Waals surface area contributed by atoms with Gasteiger partial charge in [-0.2, -0.15) is 0 Å². The van der Waals surface area contributed by atoms with Gasteiger partial charge in [-0.3, -0.25) is 4.79 Å². The summed E-state index contributed by atoms with van der Waals surface area (Å²) in [6.07, 6.45) is 2.69. The summed E-state index contributed by atoms with van der Waals surface area (Å²) in [6.45, 7) is 2.16. The molecular weight excluding hydrogens is 574 g/mol. The average Bonchev–Trinajstić information content (AvgIpc) is 3.05. The maximum atomic E-state index is 12.1. The van der Waals surface area contributed by atoms with E-state index >= 15 is 0 Å². The molecule has 240 valence electrons. The molecule has 10 nitrogen and oxygen atoms in total. The number of primary amides is 1. The van der Waals surface area contributed by atoms with Gasteiger partial charge in [-0.1, -0.05) is 61.4 Å². The number of benzene rings is 3. The minimum atomic E-state index is -0.802. The zero-order chi connectivity index (χ0) is 31.9. The summed E-state index contributed by atoms with van der Waals surface area (Å²) in [4.78, 5) is 26.1. The Morgan fingerprint density at radius 2 is 1.71 bits per heavy atom. The van der Waals surface area contributed by atoms with E-state index in [1.165, 1.54) is 6.07 Å². The number of aromatic amines is 1. The first-order valence-corrected chi connectivity index (χ1v) is 15.3. The molecule has 0 saturated carbocycles. The number of pyridine rings is 1. The lowest BCUT2D eigenvalue weighted by Crippen LogP contribution is -2.27. The Morgan fingerprint density at radius 3 is 2.47 bits per heavy atom. The zero-order valence-corrected chi connectivity index (χ0v) is 25.7. The van der Waals surface area contributed by atoms with Gasteiger partial charge in [0.1, 0.15) is 24.7 Å². The fourth-order valence-corrected chi connectivity index (χ4v) is 5.06. The first kappa shape index (κ1) is 33.5. The fourth-order valence-electron chi connectivity index (χ4n) is 5.06. The van der Waals surface area contributed by atoms with Crippen LogP contribution in [0.5, 0.6) is 11.5 Å². The third-order valence-corrected chi connectivity index (χ3v) is 7.46. The molecule has 4 aromatic rings. The van der Waals surface area contributed by atoms with Gasteiger partial charge in [-0.05, 0) is 60.3 Å². The number of methoxy groups -OCH3 is 1. The van der Waals surface area contributed by atoms with Crippen LogP contribution in [0, 0.1) is 0 Å². The third kappa shape index (κ3) is 10.9. The van der Waals surface area contributed by atoms with Crippen LogP contribution in [0.1, 0.15) is 48.5 Å². The number of aromatic nitrogens is 1. The number of ether oxygens (including phenoxy) is 4. The molecule has 45 heavy (non-hydrogen) atoms. The minimum absolute atomic E-state index is 0.126. The van der Waals surface area contributed by atoms with Crippen molar-refractivity contribution >= 4 is 17.0 Å². The van der Waals surface area contributed by atoms with Crippen LogP contribution in [0.3, 0.4) is 0 Å². The Labute approximate surface area is 263 Å². The van der Waals surface area contributed by atoms with E-state index in [9.17, 15) is 14.7 Å². The smallest absolute Gasteiger partial charge is 0.404 e. The van der Waals surface area contributed by atoms with Crippen LogP contribution in [0.25, 0.3) is 10.9 Å². The van der Waals surface area contributed by atoms with Crippen LogP contribution in [-0.4, -0.2) is 55.7 Å². The van der Waals surface area contributed by atoms with Crippen molar-refractivity contribution in [2.75, 3.05) is 33.4 Å². The number of amides is 1. The van der Waals surface area contributed by atoms with Crippen LogP contribution in [0.2, 0.25) is 0 Å². The summed E-state index contributed by atoms with van der Waals surface area (Å²) in [6, 6.07) is 24.3. The van der Waals surface area contributed by atoms with Crippen molar-refractivity contribution in [3.63, 3.8) is 0 Å². The topological polar surface area (TPSA) is 145 Å². The van der Waals surface area contributed by atoms with Gasteiger partial charge in [0.25, 0.3) is 0 Å². The molecule has 1 heterocycles. The average molecular weight is 618 g/mol. The minimum Gasteiger partial charge on any atom is -0.497 e. The second kappa shape index (κ2) is 17.8. The molecule has 1 amide bonds. The Kier molecular flexibility index (Phi) is 13.3. The third-order valence-electron chi connectivity index (χ3n) is 7.46. The van der Waals surface area contributed by atoms with Gasteiger partial charge in [-0.25, -0.2) is 4.79 Å². The molecule has 4 rings (SSSR count). The predicted molar refractivity (Wildman–Crippen MR) is 174 cm³/mol. The SMILES string of the molecule is COc1ccc(COc2ccc(C(O)CNCCCCCCOC(COC(N)=O)Cc3ccccc3)c3ccc(=O)[nH]c23)cc1. The van der Waals surface area contributed by atoms with Crippen molar-refractivity contribution in [1.29, 1.82) is 0 Å². The van der Waals surface area contributed by atoms with E-state index in [0.29, 0.717) is 43.0 Å². The highest BCUT2D eigenvalue weighted by molar-refractivity contribution is 5.87. The predicted octanol–water partition coefficient (Wildman–Crippen LogP) is 5.02. The van der Waals surface area contributed by atoms with Crippen LogP contribution >= 0.6 is 0 Å². The number of hydrogen-bond acceptors (Lipinski definition) is 8. The van der Waals surface area contributed by atoms with Gasteiger partial charge in [0.15, 0.2) is 0 Å². The molecule has 10 heteroatoms. The Hall–Kier alpha value is -4.38. The molecule has 0 saturated heterocycles. The summed E-state index contributed by atoms with van der Waals surface area (Å²) in [5.41, 5.74) is 8.24. The molecule has 0 aliphatic rings. The molecule has 0 spiro atoms. The molecular formula is C35H43N3O7. The summed E-state index contributed by atoms with van der Waals surface area (Å²) < 4.78 is 22.2. The summed E-state index contributed by atoms with van der Waals surface area (Å²) in [5.74, 6) is 1.31. The number of carbonyl (C=O) groups excluding carboxylic acids is 1. The van der Waals surface area contributed by atoms with Gasteiger partial charge in [-0.15, -0.1) is 0 Å². The molecule has 3 aromatic carbocycles. The van der Waals surface area contributed by atoms with E-state index in [-0.39, 0.29) is 18.3 Å². The molecule has 2 unspecified atom stereocenters. The highest BCUT2D eigenvalue weighted by Gasteiger charge is 2.15. The Bertz CT molecular complexity index is 1530. The molecule has 2 atom stereocenters. The van der Waals surface area contributed by atoms with Gasteiger partial charge >= 0.3 is 6.09 Å². The van der Waals surface area contributed by atoms with Crippen molar-refractivity contribution in [1.82, 2.24) is 10.3 Å². The van der Waals surface area contributed by atoms with E-state index in [4.69, 9.17) is 24.7 Å². The fraction of sp³-hybridized carbons (Fsp3) is 0.371. The van der Waals surface area contributed by atoms with Crippen molar-refractivity contribution < 1.29 is 28.8 Å². The first-order chi connectivity index (χ1) is 21.9. The monoisotopic (exact) mass is 617 g/mol. The second-order valence-electron chi connectivity index (χ2n) is 10.8. The second-order valence-corrected chi connectivity index (χ2v) is 10.8. The molecule has 0 bridgehead atoms. The van der Waals surface area contributed by atoms with Crippen molar-refractivity contribution in [2.45, 2.75) is 50.9 Å². The van der Waals surface area contributed by atoms with E-state index in [0.717, 1.165) is 54.5 Å². The van der Waals surface area contributed by atoms with Crippen LogP contribution < -0.4 is 26.1 Å². The van der Waals surface area contributed by atoms with Gasteiger partial charge < -0.3 is 40.1 Å². The Morgan fingerprint density at radius 1 is 0.933 bits per heavy atom. The number of fused-ring (bicyclic) bond motifs is 1. The number of unbranched alkanes of at least 4 members (excludes halogenated alkanes) is 3. The van der Waals surface area contributed by atoms with E-state index in [1.807, 2.05) is 60.7 Å². The lowest BCUT2D eigenvalue weighted by Gasteiger charge is -2.18. The summed E-state index contributed by atoms with van der Waals surface area (Å²) in [5, 5.41) is 15.1. The lowest BCUT2D eigenvalue weighted by molar-refractivity contribution is 0.00581.